The van der Waals surface area contributed by atoms with Gasteiger partial charge >= 0.3 is 17.8 Å². The Morgan fingerprint density at radius 2 is 1.76 bits per heavy atom. The van der Waals surface area contributed by atoms with Crippen LogP contribution in [0, 0.1) is 10.1 Å². The van der Waals surface area contributed by atoms with Crippen LogP contribution >= 0.6 is 0 Å². The molecule has 41 heavy (non-hydrogen) atoms. The average Bonchev–Trinajstić information content (AvgIpc) is 2.89. The number of ether oxygens (including phenoxy) is 1. The van der Waals surface area contributed by atoms with Crippen molar-refractivity contribution in [1.82, 2.24) is 15.8 Å². The summed E-state index contributed by atoms with van der Waals surface area (Å²) in [7, 11) is 0. The van der Waals surface area contributed by atoms with E-state index in [-0.39, 0.29) is 18.6 Å². The van der Waals surface area contributed by atoms with Gasteiger partial charge in [-0.25, -0.2) is 4.98 Å². The monoisotopic (exact) mass is 585 g/mol. The number of amides is 2. The third kappa shape index (κ3) is 9.06. The zero-order valence-electron chi connectivity index (χ0n) is 22.1. The van der Waals surface area contributed by atoms with E-state index >= 15 is 0 Å². The van der Waals surface area contributed by atoms with Crippen LogP contribution in [0.3, 0.4) is 0 Å². The number of pyridine rings is 1. The molecule has 222 valence electrons. The van der Waals surface area contributed by atoms with E-state index < -0.39 is 69.8 Å². The van der Waals surface area contributed by atoms with E-state index in [2.05, 4.69) is 23.5 Å². The van der Waals surface area contributed by atoms with E-state index in [0.29, 0.717) is 12.0 Å². The van der Waals surface area contributed by atoms with Gasteiger partial charge in [-0.2, -0.15) is 22.0 Å². The van der Waals surface area contributed by atoms with Gasteiger partial charge in [0, 0.05) is 11.6 Å². The first-order chi connectivity index (χ1) is 19.0. The van der Waals surface area contributed by atoms with Gasteiger partial charge in [-0.3, -0.25) is 30.6 Å². The maximum Gasteiger partial charge on any atom is 0.420 e. The number of anilines is 1. The van der Waals surface area contributed by atoms with Gasteiger partial charge in [0.2, 0.25) is 11.8 Å². The molecule has 0 saturated carbocycles. The van der Waals surface area contributed by atoms with Crippen LogP contribution in [0.1, 0.15) is 48.3 Å². The zero-order chi connectivity index (χ0) is 31.0. The van der Waals surface area contributed by atoms with Crippen LogP contribution in [-0.4, -0.2) is 39.3 Å². The molecule has 0 aliphatic rings. The summed E-state index contributed by atoms with van der Waals surface area (Å²) in [6.07, 6.45) is -5.23. The molecule has 1 atom stereocenters. The molecular weight excluding hydrogens is 557 g/mol. The molecule has 0 aliphatic carbocycles. The van der Waals surface area contributed by atoms with Crippen molar-refractivity contribution < 1.29 is 41.2 Å². The van der Waals surface area contributed by atoms with Crippen LogP contribution < -0.4 is 16.2 Å². The van der Waals surface area contributed by atoms with Crippen molar-refractivity contribution in [2.45, 2.75) is 57.0 Å². The number of hydrogen-bond donors (Lipinski definition) is 3. The number of benzene rings is 1. The SMILES string of the molecule is C=CCCC(C)(C)Nc1nc(C(=O)NNC(=O)C(OCc2ccccc2)C(F)(F)C=C)c([N+](=O)[O-])cc1C(F)(F)F. The number of allylic oxidation sites excluding steroid dienone is 1. The van der Waals surface area contributed by atoms with Crippen molar-refractivity contribution in [2.24, 2.45) is 0 Å². The van der Waals surface area contributed by atoms with Crippen molar-refractivity contribution in [3.63, 3.8) is 0 Å². The number of rotatable bonds is 13. The second kappa shape index (κ2) is 13.3. The molecule has 0 saturated heterocycles. The lowest BCUT2D eigenvalue weighted by Gasteiger charge is -2.28. The minimum absolute atomic E-state index is 0.118. The van der Waals surface area contributed by atoms with Gasteiger partial charge in [0.1, 0.15) is 11.4 Å². The van der Waals surface area contributed by atoms with Gasteiger partial charge in [0.15, 0.2) is 0 Å². The van der Waals surface area contributed by atoms with Crippen LogP contribution in [0.15, 0.2) is 61.7 Å². The summed E-state index contributed by atoms with van der Waals surface area (Å²) in [6, 6.07) is 8.08. The van der Waals surface area contributed by atoms with Gasteiger partial charge in [0.05, 0.1) is 11.5 Å². The molecule has 1 aromatic carbocycles. The lowest BCUT2D eigenvalue weighted by molar-refractivity contribution is -0.385. The minimum atomic E-state index is -5.10. The third-order valence-electron chi connectivity index (χ3n) is 5.57. The molecule has 0 spiro atoms. The first-order valence-electron chi connectivity index (χ1n) is 11.9. The summed E-state index contributed by atoms with van der Waals surface area (Å²) < 4.78 is 75.2. The van der Waals surface area contributed by atoms with Crippen LogP contribution in [0.2, 0.25) is 0 Å². The number of hydrazine groups is 1. The molecule has 1 aromatic heterocycles. The fourth-order valence-electron chi connectivity index (χ4n) is 3.43. The van der Waals surface area contributed by atoms with Crippen molar-refractivity contribution >= 4 is 23.3 Å². The Kier molecular flexibility index (Phi) is 10.6. The number of carbonyl (C=O) groups excluding carboxylic acids is 2. The van der Waals surface area contributed by atoms with Gasteiger partial charge < -0.3 is 10.1 Å². The topological polar surface area (TPSA) is 135 Å². The van der Waals surface area contributed by atoms with Crippen LogP contribution in [0.25, 0.3) is 0 Å². The van der Waals surface area contributed by atoms with Crippen molar-refractivity contribution in [1.29, 1.82) is 0 Å². The zero-order valence-corrected chi connectivity index (χ0v) is 22.1. The van der Waals surface area contributed by atoms with Crippen LogP contribution in [-0.2, 0) is 22.3 Å². The van der Waals surface area contributed by atoms with Crippen LogP contribution in [0.4, 0.5) is 33.5 Å². The van der Waals surface area contributed by atoms with E-state index in [1.54, 1.807) is 41.2 Å². The normalized spacial score (nSPS) is 12.7. The highest BCUT2D eigenvalue weighted by molar-refractivity contribution is 5.98. The number of nitro groups is 1. The van der Waals surface area contributed by atoms with E-state index in [9.17, 15) is 41.7 Å². The summed E-state index contributed by atoms with van der Waals surface area (Å²) in [5, 5.41) is 14.1. The van der Waals surface area contributed by atoms with E-state index in [1.165, 1.54) is 19.9 Å². The molecule has 0 aliphatic heterocycles. The highest BCUT2D eigenvalue weighted by Gasteiger charge is 2.44. The second-order valence-electron chi connectivity index (χ2n) is 9.34. The number of halogens is 5. The molecule has 3 N–H and O–H groups in total. The predicted molar refractivity (Wildman–Crippen MR) is 139 cm³/mol. The third-order valence-corrected chi connectivity index (χ3v) is 5.57. The van der Waals surface area contributed by atoms with E-state index in [4.69, 9.17) is 4.74 Å². The Morgan fingerprint density at radius 3 is 2.29 bits per heavy atom. The number of aromatic nitrogens is 1. The maximum absolute atomic E-state index is 14.4. The quantitative estimate of drug-likeness (QED) is 0.125. The Morgan fingerprint density at radius 1 is 1.12 bits per heavy atom. The van der Waals surface area contributed by atoms with Crippen molar-refractivity contribution in [2.75, 3.05) is 5.32 Å². The van der Waals surface area contributed by atoms with Gasteiger partial charge in [-0.15, -0.1) is 6.58 Å². The maximum atomic E-state index is 14.4. The molecule has 10 nitrogen and oxygen atoms in total. The molecular formula is C26H28F5N5O5. The molecule has 2 aromatic rings. The summed E-state index contributed by atoms with van der Waals surface area (Å²) in [4.78, 5) is 39.2. The van der Waals surface area contributed by atoms with E-state index in [1.807, 2.05) is 0 Å². The molecule has 2 rings (SSSR count). The Bertz CT molecular complexity index is 1290. The predicted octanol–water partition coefficient (Wildman–Crippen LogP) is 5.33. The minimum Gasteiger partial charge on any atom is -0.365 e. The largest absolute Gasteiger partial charge is 0.420 e. The number of hydrogen-bond acceptors (Lipinski definition) is 7. The standard InChI is InChI=1S/C26H28F5N5O5/c1-5-7-13-24(3,4)33-21-17(26(29,30)31)14-18(36(39)40)19(32-21)22(37)34-35-23(38)20(25(27,28)6-2)41-15-16-11-9-8-10-12-16/h5-6,8-12,14,20H,1-2,7,13,15H2,3-4H3,(H,32,33)(H,34,37)(H,35,38). The smallest absolute Gasteiger partial charge is 0.365 e. The van der Waals surface area contributed by atoms with Gasteiger partial charge in [-0.1, -0.05) is 43.0 Å². The fourth-order valence-corrected chi connectivity index (χ4v) is 3.43. The van der Waals surface area contributed by atoms with E-state index in [0.717, 1.165) is 0 Å². The molecule has 15 heteroatoms. The summed E-state index contributed by atoms with van der Waals surface area (Å²) in [5.74, 6) is -7.93. The summed E-state index contributed by atoms with van der Waals surface area (Å²) >= 11 is 0. The Balaban J connectivity index is 2.37. The lowest BCUT2D eigenvalue weighted by Crippen LogP contribution is -2.52. The number of alkyl halides is 5. The van der Waals surface area contributed by atoms with Crippen molar-refractivity contribution in [3.8, 4) is 0 Å². The first kappa shape index (κ1) is 32.8. The van der Waals surface area contributed by atoms with Gasteiger partial charge in [-0.05, 0) is 38.3 Å². The molecule has 0 radical (unpaired) electrons. The molecule has 1 unspecified atom stereocenters. The molecule has 2 amide bonds. The Hall–Kier alpha value is -4.40. The molecule has 1 heterocycles. The molecule has 0 fully saturated rings. The number of nitrogens with one attached hydrogen (secondary N) is 3. The second-order valence-corrected chi connectivity index (χ2v) is 9.34. The lowest BCUT2D eigenvalue weighted by atomic mass is 9.98. The van der Waals surface area contributed by atoms with Gasteiger partial charge in [0.25, 0.3) is 11.8 Å². The average molecular weight is 586 g/mol. The molecule has 0 bridgehead atoms. The summed E-state index contributed by atoms with van der Waals surface area (Å²) in [5.41, 5.74) is -1.24. The highest BCUT2D eigenvalue weighted by atomic mass is 19.4. The number of carbonyl (C=O) groups is 2. The van der Waals surface area contributed by atoms with Crippen molar-refractivity contribution in [3.05, 3.63) is 88.6 Å². The Labute approximate surface area is 231 Å². The first-order valence-corrected chi connectivity index (χ1v) is 11.9. The summed E-state index contributed by atoms with van der Waals surface area (Å²) in [6.45, 7) is 9.15. The van der Waals surface area contributed by atoms with Crippen LogP contribution in [0.5, 0.6) is 0 Å². The highest BCUT2D eigenvalue weighted by Crippen LogP contribution is 2.38. The number of nitrogens with zero attached hydrogens (tertiary/aromatic N) is 2. The fraction of sp³-hybridized carbons (Fsp3) is 0.346.